The molecule has 1 saturated heterocycles. The first-order chi connectivity index (χ1) is 11.7. The largest absolute Gasteiger partial charge is 0.444 e. The molecule has 0 bridgehead atoms. The number of H-pyrrole nitrogens is 1. The van der Waals surface area contributed by atoms with Crippen LogP contribution in [-0.4, -0.2) is 40.4 Å². The van der Waals surface area contributed by atoms with Crippen LogP contribution in [0.5, 0.6) is 0 Å². The van der Waals surface area contributed by atoms with Crippen LogP contribution in [0.25, 0.3) is 11.0 Å². The number of benzene rings is 1. The van der Waals surface area contributed by atoms with E-state index in [0.29, 0.717) is 6.54 Å². The van der Waals surface area contributed by atoms with Gasteiger partial charge in [-0.15, -0.1) is 0 Å². The lowest BCUT2D eigenvalue weighted by molar-refractivity contribution is 0.0500. The molecule has 1 aromatic heterocycles. The molecule has 0 aliphatic carbocycles. The summed E-state index contributed by atoms with van der Waals surface area (Å²) in [5, 5.41) is 2.96. The van der Waals surface area contributed by atoms with Crippen LogP contribution in [0.4, 0.5) is 10.5 Å². The first kappa shape index (κ1) is 17.4. The summed E-state index contributed by atoms with van der Waals surface area (Å²) in [6.45, 7) is 7.14. The van der Waals surface area contributed by atoms with Crippen molar-refractivity contribution in [3.8, 4) is 0 Å². The number of hydrogen-bond donors (Lipinski definition) is 2. The van der Waals surface area contributed by atoms with Gasteiger partial charge in [0.15, 0.2) is 0 Å². The maximum atomic E-state index is 12.0. The van der Waals surface area contributed by atoms with Gasteiger partial charge < -0.3 is 19.9 Å². The highest BCUT2D eigenvalue weighted by molar-refractivity contribution is 5.89. The molecule has 1 aliphatic rings. The van der Waals surface area contributed by atoms with Crippen molar-refractivity contribution in [3.05, 3.63) is 28.7 Å². The number of hydrogen-bond acceptors (Lipinski definition) is 4. The van der Waals surface area contributed by atoms with E-state index in [2.05, 4.69) is 15.2 Å². The molecule has 0 saturated carbocycles. The third kappa shape index (κ3) is 3.81. The van der Waals surface area contributed by atoms with Crippen molar-refractivity contribution in [2.75, 3.05) is 18.0 Å². The standard InChI is InChI=1S/C18H26N4O3/c1-18(2,3)25-17(24)19-12-7-6-10-22(11-12)14-9-5-8-13-15(14)20-16(23)21(13)4/h5,8-9,12H,6-7,10-11H2,1-4H3,(H,19,24)(H,20,23)/t12-/m1/s1. The molecular weight excluding hydrogens is 320 g/mol. The normalized spacial score (nSPS) is 18.4. The molecule has 2 heterocycles. The van der Waals surface area contributed by atoms with Gasteiger partial charge in [0.05, 0.1) is 16.7 Å². The topological polar surface area (TPSA) is 79.4 Å². The molecular formula is C18H26N4O3. The zero-order valence-corrected chi connectivity index (χ0v) is 15.3. The smallest absolute Gasteiger partial charge is 0.407 e. The number of aryl methyl sites for hydroxylation is 1. The second-order valence-corrected chi connectivity index (χ2v) is 7.59. The van der Waals surface area contributed by atoms with Gasteiger partial charge in [-0.25, -0.2) is 9.59 Å². The summed E-state index contributed by atoms with van der Waals surface area (Å²) in [5.41, 5.74) is 2.08. The molecule has 1 aliphatic heterocycles. The van der Waals surface area contributed by atoms with Crippen molar-refractivity contribution >= 4 is 22.8 Å². The quantitative estimate of drug-likeness (QED) is 0.875. The van der Waals surface area contributed by atoms with E-state index in [0.717, 1.165) is 36.1 Å². The van der Waals surface area contributed by atoms with Gasteiger partial charge in [-0.1, -0.05) is 6.07 Å². The number of imidazole rings is 1. The zero-order chi connectivity index (χ0) is 18.2. The predicted molar refractivity (Wildman–Crippen MR) is 98.1 cm³/mol. The fraction of sp³-hybridized carbons (Fsp3) is 0.556. The first-order valence-electron chi connectivity index (χ1n) is 8.67. The van der Waals surface area contributed by atoms with Crippen LogP contribution in [0.15, 0.2) is 23.0 Å². The van der Waals surface area contributed by atoms with Gasteiger partial charge in [0.2, 0.25) is 0 Å². The molecule has 1 amide bonds. The van der Waals surface area contributed by atoms with E-state index in [1.165, 1.54) is 0 Å². The number of piperidine rings is 1. The van der Waals surface area contributed by atoms with Crippen LogP contribution in [0.3, 0.4) is 0 Å². The summed E-state index contributed by atoms with van der Waals surface area (Å²) in [6.07, 6.45) is 1.50. The molecule has 7 heteroatoms. The second-order valence-electron chi connectivity index (χ2n) is 7.59. The van der Waals surface area contributed by atoms with Gasteiger partial charge >= 0.3 is 11.8 Å². The molecule has 136 valence electrons. The monoisotopic (exact) mass is 346 g/mol. The molecule has 3 rings (SSSR count). The van der Waals surface area contributed by atoms with Crippen LogP contribution >= 0.6 is 0 Å². The minimum atomic E-state index is -0.506. The number of nitrogens with one attached hydrogen (secondary N) is 2. The van der Waals surface area contributed by atoms with Crippen molar-refractivity contribution in [1.82, 2.24) is 14.9 Å². The van der Waals surface area contributed by atoms with E-state index in [4.69, 9.17) is 4.74 Å². The van der Waals surface area contributed by atoms with Gasteiger partial charge in [-0.3, -0.25) is 4.57 Å². The first-order valence-corrected chi connectivity index (χ1v) is 8.67. The lowest BCUT2D eigenvalue weighted by atomic mass is 10.0. The van der Waals surface area contributed by atoms with Crippen molar-refractivity contribution in [2.45, 2.75) is 45.3 Å². The number of amides is 1. The molecule has 0 radical (unpaired) electrons. The number of aromatic amines is 1. The summed E-state index contributed by atoms with van der Waals surface area (Å²) in [5.74, 6) is 0. The van der Waals surface area contributed by atoms with E-state index in [1.54, 1.807) is 11.6 Å². The Labute approximate surface area is 147 Å². The zero-order valence-electron chi connectivity index (χ0n) is 15.3. The number of ether oxygens (including phenoxy) is 1. The third-order valence-corrected chi connectivity index (χ3v) is 4.40. The minimum Gasteiger partial charge on any atom is -0.444 e. The maximum Gasteiger partial charge on any atom is 0.407 e. The van der Waals surface area contributed by atoms with E-state index in [1.807, 2.05) is 39.0 Å². The maximum absolute atomic E-state index is 12.0. The number of fused-ring (bicyclic) bond motifs is 1. The number of carbonyl (C=O) groups excluding carboxylic acids is 1. The molecule has 0 spiro atoms. The summed E-state index contributed by atoms with van der Waals surface area (Å²) in [7, 11) is 1.76. The van der Waals surface area contributed by atoms with Crippen LogP contribution < -0.4 is 15.9 Å². The van der Waals surface area contributed by atoms with E-state index >= 15 is 0 Å². The average molecular weight is 346 g/mol. The van der Waals surface area contributed by atoms with Crippen LogP contribution in [-0.2, 0) is 11.8 Å². The van der Waals surface area contributed by atoms with Gasteiger partial charge in [-0.05, 0) is 45.7 Å². The van der Waals surface area contributed by atoms with Gasteiger partial charge in [0, 0.05) is 26.2 Å². The Hall–Kier alpha value is -2.44. The highest BCUT2D eigenvalue weighted by atomic mass is 16.6. The Morgan fingerprint density at radius 1 is 1.36 bits per heavy atom. The third-order valence-electron chi connectivity index (χ3n) is 4.40. The van der Waals surface area contributed by atoms with Crippen molar-refractivity contribution in [3.63, 3.8) is 0 Å². The minimum absolute atomic E-state index is 0.0225. The Bertz CT molecular complexity index is 831. The SMILES string of the molecule is Cn1c(=O)[nH]c2c(N3CCC[C@@H](NC(=O)OC(C)(C)C)C3)cccc21. The van der Waals surface area contributed by atoms with Crippen molar-refractivity contribution in [2.24, 2.45) is 7.05 Å². The Morgan fingerprint density at radius 3 is 2.84 bits per heavy atom. The number of nitrogens with zero attached hydrogens (tertiary/aromatic N) is 2. The Balaban J connectivity index is 1.77. The number of carbonyl (C=O) groups is 1. The summed E-state index contributed by atoms with van der Waals surface area (Å²) >= 11 is 0. The predicted octanol–water partition coefficient (Wildman–Crippen LogP) is 2.36. The van der Waals surface area contributed by atoms with Crippen LogP contribution in [0, 0.1) is 0 Å². The Kier molecular flexibility index (Phi) is 4.49. The highest BCUT2D eigenvalue weighted by Gasteiger charge is 2.25. The fourth-order valence-corrected chi connectivity index (χ4v) is 3.29. The van der Waals surface area contributed by atoms with E-state index in [9.17, 15) is 9.59 Å². The van der Waals surface area contributed by atoms with Crippen molar-refractivity contribution < 1.29 is 9.53 Å². The number of aromatic nitrogens is 2. The number of anilines is 1. The van der Waals surface area contributed by atoms with Crippen LogP contribution in [0.1, 0.15) is 33.6 Å². The van der Waals surface area contributed by atoms with E-state index in [-0.39, 0.29) is 17.8 Å². The molecule has 7 nitrogen and oxygen atoms in total. The molecule has 1 aromatic carbocycles. The number of alkyl carbamates (subject to hydrolysis) is 1. The van der Waals surface area contributed by atoms with Gasteiger partial charge in [0.1, 0.15) is 5.60 Å². The number of para-hydroxylation sites is 1. The highest BCUT2D eigenvalue weighted by Crippen LogP contribution is 2.27. The average Bonchev–Trinajstić information content (AvgIpc) is 2.81. The fourth-order valence-electron chi connectivity index (χ4n) is 3.29. The molecule has 2 N–H and O–H groups in total. The molecule has 1 atom stereocenters. The Morgan fingerprint density at radius 2 is 2.12 bits per heavy atom. The van der Waals surface area contributed by atoms with E-state index < -0.39 is 5.60 Å². The molecule has 1 fully saturated rings. The lowest BCUT2D eigenvalue weighted by Crippen LogP contribution is -2.49. The summed E-state index contributed by atoms with van der Waals surface area (Å²) in [4.78, 5) is 29.1. The lowest BCUT2D eigenvalue weighted by Gasteiger charge is -2.35. The van der Waals surface area contributed by atoms with Crippen LogP contribution in [0.2, 0.25) is 0 Å². The summed E-state index contributed by atoms with van der Waals surface area (Å²) in [6, 6.07) is 5.91. The van der Waals surface area contributed by atoms with Gasteiger partial charge in [0.25, 0.3) is 0 Å². The second kappa shape index (κ2) is 6.46. The molecule has 0 unspecified atom stereocenters. The molecule has 2 aromatic rings. The van der Waals surface area contributed by atoms with Crippen molar-refractivity contribution in [1.29, 1.82) is 0 Å². The molecule has 25 heavy (non-hydrogen) atoms. The van der Waals surface area contributed by atoms with Gasteiger partial charge in [-0.2, -0.15) is 0 Å². The summed E-state index contributed by atoms with van der Waals surface area (Å²) < 4.78 is 6.96. The number of rotatable bonds is 2.